The largest absolute Gasteiger partial charge is 0.335 e. The van der Waals surface area contributed by atoms with Crippen molar-refractivity contribution in [3.8, 4) is 0 Å². The van der Waals surface area contributed by atoms with Gasteiger partial charge in [-0.3, -0.25) is 5.32 Å². The van der Waals surface area contributed by atoms with E-state index in [1.165, 1.54) is 0 Å². The molecule has 2 amide bonds. The Morgan fingerprint density at radius 3 is 2.23 bits per heavy atom. The van der Waals surface area contributed by atoms with E-state index in [1.807, 2.05) is 0 Å². The van der Waals surface area contributed by atoms with E-state index in [0.29, 0.717) is 17.1 Å². The topological polar surface area (TPSA) is 59.0 Å². The molecule has 0 radical (unpaired) electrons. The fourth-order valence-corrected chi connectivity index (χ4v) is 3.92. The second-order valence-corrected chi connectivity index (χ2v) is 7.91. The van der Waals surface area contributed by atoms with Crippen LogP contribution in [0.5, 0.6) is 0 Å². The van der Waals surface area contributed by atoms with E-state index in [1.54, 1.807) is 11.6 Å². The number of nitrogens with one attached hydrogen (secondary N) is 2. The lowest BCUT2D eigenvalue weighted by atomic mass is 9.78. The van der Waals surface area contributed by atoms with Gasteiger partial charge >= 0.3 is 6.03 Å². The molecule has 0 spiro atoms. The molecule has 26 heavy (non-hydrogen) atoms. The lowest BCUT2D eigenvalue weighted by Crippen LogP contribution is -2.51. The Kier molecular flexibility index (Phi) is 3.96. The maximum atomic E-state index is 13.2. The van der Waals surface area contributed by atoms with Crippen molar-refractivity contribution in [1.29, 1.82) is 0 Å². The number of amides is 2. The highest BCUT2D eigenvalue weighted by atomic mass is 19.3. The average Bonchev–Trinajstić information content (AvgIpc) is 2.70. The van der Waals surface area contributed by atoms with Crippen molar-refractivity contribution in [3.63, 3.8) is 0 Å². The third kappa shape index (κ3) is 3.16. The minimum Gasteiger partial charge on any atom is -0.335 e. The number of carbonyl (C=O) groups excluding carboxylic acids is 1. The molecule has 1 aromatic heterocycles. The van der Waals surface area contributed by atoms with Crippen LogP contribution in [0.4, 0.5) is 28.2 Å². The van der Waals surface area contributed by atoms with E-state index in [2.05, 4.69) is 15.7 Å². The van der Waals surface area contributed by atoms with Crippen LogP contribution in [0.3, 0.4) is 0 Å². The minimum atomic E-state index is -2.70. The lowest BCUT2D eigenvalue weighted by molar-refractivity contribution is -0.0896. The molecule has 0 aromatic carbocycles. The average molecular weight is 374 g/mol. The Morgan fingerprint density at radius 2 is 1.73 bits per heavy atom. The van der Waals surface area contributed by atoms with Gasteiger partial charge in [0.05, 0.1) is 11.7 Å². The van der Waals surface area contributed by atoms with Gasteiger partial charge in [0.2, 0.25) is 5.92 Å². The molecule has 2 N–H and O–H groups in total. The standard InChI is InChI=1S/C17H22F4N4O/c1-9-13(10-5-16(18,19)6-10)24-25(12-3-2-4-12)14(9)23-15(26)22-11-7-17(20,21)8-11/h10-12H,2-8H2,1H3,(H2,22,23,26). The van der Waals surface area contributed by atoms with Crippen molar-refractivity contribution < 1.29 is 22.4 Å². The Hall–Kier alpha value is -1.80. The van der Waals surface area contributed by atoms with Crippen LogP contribution in [-0.4, -0.2) is 33.7 Å². The van der Waals surface area contributed by atoms with Gasteiger partial charge in [-0.1, -0.05) is 0 Å². The highest BCUT2D eigenvalue weighted by Gasteiger charge is 2.48. The lowest BCUT2D eigenvalue weighted by Gasteiger charge is -2.35. The van der Waals surface area contributed by atoms with Crippen molar-refractivity contribution in [2.75, 3.05) is 5.32 Å². The number of rotatable bonds is 4. The molecule has 3 aliphatic rings. The third-order valence-electron chi connectivity index (χ3n) is 5.74. The predicted molar refractivity (Wildman–Crippen MR) is 86.9 cm³/mol. The van der Waals surface area contributed by atoms with Crippen LogP contribution in [0.25, 0.3) is 0 Å². The van der Waals surface area contributed by atoms with Gasteiger partial charge in [0.25, 0.3) is 5.92 Å². The van der Waals surface area contributed by atoms with Crippen LogP contribution in [-0.2, 0) is 0 Å². The Bertz CT molecular complexity index is 713. The molecule has 0 saturated heterocycles. The quantitative estimate of drug-likeness (QED) is 0.770. The number of urea groups is 1. The maximum absolute atomic E-state index is 13.2. The first-order valence-corrected chi connectivity index (χ1v) is 9.06. The summed E-state index contributed by atoms with van der Waals surface area (Å²) in [7, 11) is 0. The number of anilines is 1. The highest BCUT2D eigenvalue weighted by Crippen LogP contribution is 2.50. The van der Waals surface area contributed by atoms with E-state index in [4.69, 9.17) is 0 Å². The molecule has 0 aliphatic heterocycles. The number of hydrogen-bond donors (Lipinski definition) is 2. The molecule has 3 aliphatic carbocycles. The van der Waals surface area contributed by atoms with Gasteiger partial charge < -0.3 is 5.32 Å². The number of alkyl halides is 4. The summed E-state index contributed by atoms with van der Waals surface area (Å²) in [6.45, 7) is 1.76. The molecule has 1 aromatic rings. The van der Waals surface area contributed by atoms with Crippen molar-refractivity contribution in [2.24, 2.45) is 0 Å². The van der Waals surface area contributed by atoms with Crippen LogP contribution in [0.2, 0.25) is 0 Å². The first-order valence-electron chi connectivity index (χ1n) is 9.06. The number of carbonyl (C=O) groups is 1. The molecule has 0 bridgehead atoms. The van der Waals surface area contributed by atoms with Gasteiger partial charge in [-0.05, 0) is 26.2 Å². The molecule has 3 fully saturated rings. The second-order valence-electron chi connectivity index (χ2n) is 7.91. The summed E-state index contributed by atoms with van der Waals surface area (Å²) in [6, 6.07) is -0.957. The van der Waals surface area contributed by atoms with E-state index in [9.17, 15) is 22.4 Å². The highest BCUT2D eigenvalue weighted by molar-refractivity contribution is 5.89. The normalized spacial score (nSPS) is 25.1. The minimum absolute atomic E-state index is 0.145. The first kappa shape index (κ1) is 17.6. The summed E-state index contributed by atoms with van der Waals surface area (Å²) >= 11 is 0. The van der Waals surface area contributed by atoms with Crippen LogP contribution in [0.1, 0.15) is 68.2 Å². The molecule has 3 saturated carbocycles. The van der Waals surface area contributed by atoms with Gasteiger partial charge in [-0.25, -0.2) is 27.0 Å². The number of hydrogen-bond acceptors (Lipinski definition) is 2. The van der Waals surface area contributed by atoms with Gasteiger partial charge in [0, 0.05) is 43.2 Å². The smallest absolute Gasteiger partial charge is 0.320 e. The second kappa shape index (κ2) is 5.85. The summed E-state index contributed by atoms with van der Waals surface area (Å²) < 4.78 is 54.0. The molecule has 4 rings (SSSR count). The summed E-state index contributed by atoms with van der Waals surface area (Å²) in [6.07, 6.45) is 1.74. The molecular weight excluding hydrogens is 352 g/mol. The van der Waals surface area contributed by atoms with E-state index in [0.717, 1.165) is 19.3 Å². The van der Waals surface area contributed by atoms with Crippen molar-refractivity contribution >= 4 is 11.8 Å². The molecule has 0 atom stereocenters. The zero-order valence-corrected chi connectivity index (χ0v) is 14.5. The van der Waals surface area contributed by atoms with Crippen LogP contribution < -0.4 is 10.6 Å². The molecule has 9 heteroatoms. The van der Waals surface area contributed by atoms with E-state index >= 15 is 0 Å². The number of halogens is 4. The molecular formula is C17H22F4N4O. The maximum Gasteiger partial charge on any atom is 0.320 e. The molecule has 5 nitrogen and oxygen atoms in total. The Labute approximate surface area is 148 Å². The zero-order valence-electron chi connectivity index (χ0n) is 14.5. The molecule has 144 valence electrons. The van der Waals surface area contributed by atoms with Crippen molar-refractivity contribution in [1.82, 2.24) is 15.1 Å². The van der Waals surface area contributed by atoms with Crippen molar-refractivity contribution in [3.05, 3.63) is 11.3 Å². The van der Waals surface area contributed by atoms with Crippen LogP contribution in [0.15, 0.2) is 0 Å². The first-order chi connectivity index (χ1) is 12.1. The summed E-state index contributed by atoms with van der Waals surface area (Å²) in [5.41, 5.74) is 1.29. The molecule has 0 unspecified atom stereocenters. The van der Waals surface area contributed by atoms with Crippen LogP contribution in [0, 0.1) is 6.92 Å². The number of nitrogens with zero attached hydrogens (tertiary/aromatic N) is 2. The summed E-state index contributed by atoms with van der Waals surface area (Å²) in [5, 5.41) is 9.78. The zero-order chi connectivity index (χ0) is 18.7. The summed E-state index contributed by atoms with van der Waals surface area (Å²) in [4.78, 5) is 12.2. The SMILES string of the molecule is Cc1c(C2CC(F)(F)C2)nn(C2CCC2)c1NC(=O)NC1CC(F)(F)C1. The monoisotopic (exact) mass is 374 g/mol. The van der Waals surface area contributed by atoms with Gasteiger partial charge in [0.15, 0.2) is 0 Å². The van der Waals surface area contributed by atoms with Gasteiger partial charge in [0.1, 0.15) is 5.82 Å². The third-order valence-corrected chi connectivity index (χ3v) is 5.74. The van der Waals surface area contributed by atoms with Crippen molar-refractivity contribution in [2.45, 2.75) is 81.7 Å². The number of aromatic nitrogens is 2. The summed E-state index contributed by atoms with van der Waals surface area (Å²) in [5.74, 6) is -5.16. The van der Waals surface area contributed by atoms with Gasteiger partial charge in [-0.2, -0.15) is 5.10 Å². The Balaban J connectivity index is 1.49. The van der Waals surface area contributed by atoms with Crippen LogP contribution >= 0.6 is 0 Å². The van der Waals surface area contributed by atoms with Gasteiger partial charge in [-0.15, -0.1) is 0 Å². The predicted octanol–water partition coefficient (Wildman–Crippen LogP) is 4.35. The Morgan fingerprint density at radius 1 is 1.12 bits per heavy atom. The molecule has 1 heterocycles. The van der Waals surface area contributed by atoms with E-state index < -0.39 is 23.9 Å². The van der Waals surface area contributed by atoms with E-state index in [-0.39, 0.29) is 37.6 Å². The fraction of sp³-hybridized carbons (Fsp3) is 0.765. The fourth-order valence-electron chi connectivity index (χ4n) is 3.92.